The summed E-state index contributed by atoms with van der Waals surface area (Å²) in [6.45, 7) is 6.97. The minimum Gasteiger partial charge on any atom is -0.340 e. The first-order chi connectivity index (χ1) is 12.7. The Kier molecular flexibility index (Phi) is 5.50. The van der Waals surface area contributed by atoms with Crippen molar-refractivity contribution in [1.82, 2.24) is 19.9 Å². The second kappa shape index (κ2) is 7.67. The summed E-state index contributed by atoms with van der Waals surface area (Å²) in [7, 11) is 0. The molecule has 0 aliphatic carbocycles. The van der Waals surface area contributed by atoms with Crippen molar-refractivity contribution in [3.63, 3.8) is 0 Å². The van der Waals surface area contributed by atoms with E-state index >= 15 is 0 Å². The molecule has 6 nitrogen and oxygen atoms in total. The van der Waals surface area contributed by atoms with Crippen LogP contribution in [0.25, 0.3) is 11.5 Å². The normalized spacial score (nSPS) is 16.1. The SMILES string of the molecule is CC(C)C(=O)N1CCN(Cc2noc(-c3ccc(C(F)(F)F)cc3)n2)CC1. The highest BCUT2D eigenvalue weighted by Crippen LogP contribution is 2.30. The molecule has 1 saturated heterocycles. The summed E-state index contributed by atoms with van der Waals surface area (Å²) >= 11 is 0. The summed E-state index contributed by atoms with van der Waals surface area (Å²) in [5.41, 5.74) is -0.283. The molecular formula is C18H21F3N4O2. The zero-order valence-corrected chi connectivity index (χ0v) is 15.2. The number of carbonyl (C=O) groups excluding carboxylic acids is 1. The van der Waals surface area contributed by atoms with Gasteiger partial charge in [-0.25, -0.2) is 0 Å². The van der Waals surface area contributed by atoms with Gasteiger partial charge in [0.25, 0.3) is 5.89 Å². The van der Waals surface area contributed by atoms with Gasteiger partial charge in [-0.2, -0.15) is 18.2 Å². The Morgan fingerprint density at radius 2 is 1.78 bits per heavy atom. The third-order valence-corrected chi connectivity index (χ3v) is 4.47. The zero-order chi connectivity index (χ0) is 19.6. The van der Waals surface area contributed by atoms with E-state index in [0.29, 0.717) is 44.1 Å². The quantitative estimate of drug-likeness (QED) is 0.813. The first-order valence-corrected chi connectivity index (χ1v) is 8.75. The number of alkyl halides is 3. The van der Waals surface area contributed by atoms with Crippen molar-refractivity contribution in [3.8, 4) is 11.5 Å². The molecule has 0 unspecified atom stereocenters. The monoisotopic (exact) mass is 382 g/mol. The van der Waals surface area contributed by atoms with Crippen LogP contribution in [0.3, 0.4) is 0 Å². The lowest BCUT2D eigenvalue weighted by Crippen LogP contribution is -2.49. The van der Waals surface area contributed by atoms with Crippen molar-refractivity contribution >= 4 is 5.91 Å². The fourth-order valence-corrected chi connectivity index (χ4v) is 2.93. The van der Waals surface area contributed by atoms with Crippen LogP contribution in [0.15, 0.2) is 28.8 Å². The van der Waals surface area contributed by atoms with Crippen LogP contribution >= 0.6 is 0 Å². The molecule has 27 heavy (non-hydrogen) atoms. The Morgan fingerprint density at radius 3 is 2.33 bits per heavy atom. The van der Waals surface area contributed by atoms with Crippen LogP contribution in [0.2, 0.25) is 0 Å². The first-order valence-electron chi connectivity index (χ1n) is 8.75. The Balaban J connectivity index is 1.58. The van der Waals surface area contributed by atoms with Gasteiger partial charge < -0.3 is 9.42 Å². The standard InChI is InChI=1S/C18H21F3N4O2/c1-12(2)17(26)25-9-7-24(8-10-25)11-15-22-16(27-23-15)13-3-5-14(6-4-13)18(19,20)21/h3-6,12H,7-11H2,1-2H3. The lowest BCUT2D eigenvalue weighted by Gasteiger charge is -2.34. The molecule has 1 fully saturated rings. The van der Waals surface area contributed by atoms with Crippen molar-refractivity contribution < 1.29 is 22.5 Å². The third kappa shape index (κ3) is 4.65. The van der Waals surface area contributed by atoms with Gasteiger partial charge in [0, 0.05) is 37.7 Å². The van der Waals surface area contributed by atoms with E-state index in [1.54, 1.807) is 0 Å². The third-order valence-electron chi connectivity index (χ3n) is 4.47. The summed E-state index contributed by atoms with van der Waals surface area (Å²) in [5, 5.41) is 3.91. The van der Waals surface area contributed by atoms with Gasteiger partial charge in [-0.05, 0) is 24.3 Å². The van der Waals surface area contributed by atoms with E-state index in [1.807, 2.05) is 18.7 Å². The highest BCUT2D eigenvalue weighted by Gasteiger charge is 2.30. The molecule has 0 radical (unpaired) electrons. The van der Waals surface area contributed by atoms with Crippen molar-refractivity contribution in [2.75, 3.05) is 26.2 Å². The molecule has 0 bridgehead atoms. The Hall–Kier alpha value is -2.42. The molecule has 1 aromatic heterocycles. The topological polar surface area (TPSA) is 62.5 Å². The van der Waals surface area contributed by atoms with Crippen LogP contribution in [-0.2, 0) is 17.5 Å². The number of halogens is 3. The van der Waals surface area contributed by atoms with Gasteiger partial charge >= 0.3 is 6.18 Å². The minimum absolute atomic E-state index is 0.0138. The molecule has 9 heteroatoms. The molecule has 0 atom stereocenters. The van der Waals surface area contributed by atoms with Gasteiger partial charge in [0.1, 0.15) is 0 Å². The van der Waals surface area contributed by atoms with Gasteiger partial charge in [0.2, 0.25) is 5.91 Å². The van der Waals surface area contributed by atoms with E-state index in [0.717, 1.165) is 12.1 Å². The molecule has 0 N–H and O–H groups in total. The number of hydrogen-bond acceptors (Lipinski definition) is 5. The lowest BCUT2D eigenvalue weighted by molar-refractivity contribution is -0.137. The molecule has 146 valence electrons. The number of piperazine rings is 1. The summed E-state index contributed by atoms with van der Waals surface area (Å²) in [4.78, 5) is 20.2. The van der Waals surface area contributed by atoms with Gasteiger partial charge in [-0.3, -0.25) is 9.69 Å². The zero-order valence-electron chi connectivity index (χ0n) is 15.2. The molecule has 2 heterocycles. The fourth-order valence-electron chi connectivity index (χ4n) is 2.93. The van der Waals surface area contributed by atoms with Crippen LogP contribution < -0.4 is 0 Å². The number of nitrogens with zero attached hydrogens (tertiary/aromatic N) is 4. The fraction of sp³-hybridized carbons (Fsp3) is 0.500. The van der Waals surface area contributed by atoms with Crippen LogP contribution in [0, 0.1) is 5.92 Å². The highest BCUT2D eigenvalue weighted by atomic mass is 19.4. The number of carbonyl (C=O) groups is 1. The minimum atomic E-state index is -4.38. The molecule has 1 aliphatic rings. The summed E-state index contributed by atoms with van der Waals surface area (Å²) < 4.78 is 43.1. The van der Waals surface area contributed by atoms with E-state index in [2.05, 4.69) is 15.0 Å². The van der Waals surface area contributed by atoms with Gasteiger partial charge in [0.15, 0.2) is 5.82 Å². The van der Waals surface area contributed by atoms with E-state index in [-0.39, 0.29) is 17.7 Å². The van der Waals surface area contributed by atoms with Crippen LogP contribution in [0.5, 0.6) is 0 Å². The van der Waals surface area contributed by atoms with Crippen LogP contribution in [-0.4, -0.2) is 52.0 Å². The second-order valence-electron chi connectivity index (χ2n) is 6.85. The predicted octanol–water partition coefficient (Wildman–Crippen LogP) is 3.06. The predicted molar refractivity (Wildman–Crippen MR) is 91.4 cm³/mol. The van der Waals surface area contributed by atoms with Crippen molar-refractivity contribution in [2.24, 2.45) is 5.92 Å². The van der Waals surface area contributed by atoms with Gasteiger partial charge in [-0.15, -0.1) is 0 Å². The van der Waals surface area contributed by atoms with Crippen LogP contribution in [0.4, 0.5) is 13.2 Å². The molecule has 2 aromatic rings. The molecule has 1 amide bonds. The number of hydrogen-bond donors (Lipinski definition) is 0. The lowest BCUT2D eigenvalue weighted by atomic mass is 10.1. The van der Waals surface area contributed by atoms with E-state index < -0.39 is 11.7 Å². The van der Waals surface area contributed by atoms with Crippen molar-refractivity contribution in [3.05, 3.63) is 35.7 Å². The molecule has 3 rings (SSSR count). The number of amides is 1. The average Bonchev–Trinajstić information content (AvgIpc) is 3.09. The summed E-state index contributed by atoms with van der Waals surface area (Å²) in [5.74, 6) is 0.791. The maximum Gasteiger partial charge on any atom is 0.416 e. The molecule has 0 saturated carbocycles. The molecule has 1 aliphatic heterocycles. The Labute approximate surface area is 154 Å². The average molecular weight is 382 g/mol. The summed E-state index contributed by atoms with van der Waals surface area (Å²) in [6.07, 6.45) is -4.38. The van der Waals surface area contributed by atoms with Crippen molar-refractivity contribution in [2.45, 2.75) is 26.6 Å². The smallest absolute Gasteiger partial charge is 0.340 e. The van der Waals surface area contributed by atoms with Crippen molar-refractivity contribution in [1.29, 1.82) is 0 Å². The maximum atomic E-state index is 12.6. The van der Waals surface area contributed by atoms with E-state index in [4.69, 9.17) is 4.52 Å². The molecule has 0 spiro atoms. The molecular weight excluding hydrogens is 361 g/mol. The summed E-state index contributed by atoms with van der Waals surface area (Å²) in [6, 6.07) is 4.61. The first kappa shape index (κ1) is 19.3. The Morgan fingerprint density at radius 1 is 1.15 bits per heavy atom. The molecule has 1 aromatic carbocycles. The van der Waals surface area contributed by atoms with E-state index in [9.17, 15) is 18.0 Å². The van der Waals surface area contributed by atoms with Gasteiger partial charge in [0.05, 0.1) is 12.1 Å². The van der Waals surface area contributed by atoms with E-state index in [1.165, 1.54) is 12.1 Å². The number of rotatable bonds is 4. The second-order valence-corrected chi connectivity index (χ2v) is 6.85. The number of benzene rings is 1. The van der Waals surface area contributed by atoms with Gasteiger partial charge in [-0.1, -0.05) is 19.0 Å². The maximum absolute atomic E-state index is 12.6. The number of aromatic nitrogens is 2. The largest absolute Gasteiger partial charge is 0.416 e. The van der Waals surface area contributed by atoms with Crippen LogP contribution in [0.1, 0.15) is 25.2 Å². The Bertz CT molecular complexity index is 779. The highest BCUT2D eigenvalue weighted by molar-refractivity contribution is 5.78.